The summed E-state index contributed by atoms with van der Waals surface area (Å²) in [5.41, 5.74) is 3.10. The Morgan fingerprint density at radius 3 is 2.57 bits per heavy atom. The Labute approximate surface area is 208 Å². The Morgan fingerprint density at radius 1 is 1.11 bits per heavy atom. The number of benzene rings is 2. The van der Waals surface area contributed by atoms with Crippen molar-refractivity contribution >= 4 is 40.9 Å². The molecule has 0 radical (unpaired) electrons. The number of aryl methyl sites for hydroxylation is 1. The van der Waals surface area contributed by atoms with E-state index in [2.05, 4.69) is 15.6 Å². The number of carbonyl (C=O) groups is 3. The number of carbonyl (C=O) groups excluding carboxylic acids is 3. The number of thiazole rings is 1. The van der Waals surface area contributed by atoms with Gasteiger partial charge >= 0.3 is 5.97 Å². The average Bonchev–Trinajstić information content (AvgIpc) is 3.30. The molecule has 0 aliphatic rings. The van der Waals surface area contributed by atoms with Gasteiger partial charge in [-0.05, 0) is 49.2 Å². The van der Waals surface area contributed by atoms with Crippen molar-refractivity contribution in [2.45, 2.75) is 32.9 Å². The highest BCUT2D eigenvalue weighted by atomic mass is 32.1. The molecule has 0 fully saturated rings. The monoisotopic (exact) mass is 493 g/mol. The van der Waals surface area contributed by atoms with Crippen LogP contribution >= 0.6 is 11.3 Å². The first-order valence-electron chi connectivity index (χ1n) is 10.9. The Morgan fingerprint density at radius 2 is 1.86 bits per heavy atom. The summed E-state index contributed by atoms with van der Waals surface area (Å²) < 4.78 is 10.4. The van der Waals surface area contributed by atoms with Gasteiger partial charge in [-0.3, -0.25) is 9.59 Å². The van der Waals surface area contributed by atoms with Crippen LogP contribution < -0.4 is 15.4 Å². The number of rotatable bonds is 10. The Bertz CT molecular complexity index is 1200. The van der Waals surface area contributed by atoms with Gasteiger partial charge in [0.15, 0.2) is 0 Å². The van der Waals surface area contributed by atoms with Crippen molar-refractivity contribution in [1.29, 1.82) is 0 Å². The minimum atomic E-state index is -0.832. The molecule has 0 saturated carbocycles. The van der Waals surface area contributed by atoms with Crippen LogP contribution in [0.5, 0.6) is 5.75 Å². The molecule has 2 amide bonds. The highest BCUT2D eigenvalue weighted by molar-refractivity contribution is 7.09. The largest absolute Gasteiger partial charge is 0.497 e. The maximum Gasteiger partial charge on any atom is 0.328 e. The standard InChI is InChI=1S/C26H27N3O5S/c1-17-6-4-5-7-22(17)29-24(31)14-25-28-20(16-35-25)15-34-26(32)18(2)27-23(30)13-10-19-8-11-21(33-3)12-9-19/h4-13,16,18H,14-15H2,1-3H3,(H,27,30)(H,29,31)/b13-10+/t18-/m0/s1. The van der Waals surface area contributed by atoms with Crippen LogP contribution in [0.25, 0.3) is 6.08 Å². The zero-order chi connectivity index (χ0) is 25.2. The summed E-state index contributed by atoms with van der Waals surface area (Å²) in [5.74, 6) is -0.444. The summed E-state index contributed by atoms with van der Waals surface area (Å²) in [6.45, 7) is 3.42. The lowest BCUT2D eigenvalue weighted by Crippen LogP contribution is -2.38. The van der Waals surface area contributed by atoms with E-state index in [1.54, 1.807) is 37.6 Å². The second-order valence-corrected chi connectivity index (χ2v) is 8.66. The number of aromatic nitrogens is 1. The van der Waals surface area contributed by atoms with E-state index >= 15 is 0 Å². The van der Waals surface area contributed by atoms with Crippen LogP contribution in [-0.2, 0) is 32.1 Å². The van der Waals surface area contributed by atoms with Gasteiger partial charge in [0, 0.05) is 17.1 Å². The molecule has 0 aliphatic carbocycles. The SMILES string of the molecule is COc1ccc(/C=C/C(=O)N[C@@H](C)C(=O)OCc2csc(CC(=O)Nc3ccccc3C)n2)cc1. The first-order valence-corrected chi connectivity index (χ1v) is 11.8. The number of amides is 2. The highest BCUT2D eigenvalue weighted by Gasteiger charge is 2.17. The smallest absolute Gasteiger partial charge is 0.328 e. The molecule has 0 unspecified atom stereocenters. The minimum absolute atomic E-state index is 0.0450. The van der Waals surface area contributed by atoms with Crippen LogP contribution in [0.2, 0.25) is 0 Å². The summed E-state index contributed by atoms with van der Waals surface area (Å²) in [6.07, 6.45) is 3.11. The third-order valence-electron chi connectivity index (χ3n) is 4.95. The molecular formula is C26H27N3O5S. The molecular weight excluding hydrogens is 466 g/mol. The number of hydrogen-bond acceptors (Lipinski definition) is 7. The van der Waals surface area contributed by atoms with E-state index in [9.17, 15) is 14.4 Å². The van der Waals surface area contributed by atoms with E-state index < -0.39 is 17.9 Å². The average molecular weight is 494 g/mol. The van der Waals surface area contributed by atoms with Gasteiger partial charge in [0.2, 0.25) is 11.8 Å². The zero-order valence-electron chi connectivity index (χ0n) is 19.7. The molecule has 35 heavy (non-hydrogen) atoms. The molecule has 182 valence electrons. The third kappa shape index (κ3) is 8.08. The summed E-state index contributed by atoms with van der Waals surface area (Å²) in [7, 11) is 1.58. The lowest BCUT2D eigenvalue weighted by molar-refractivity contribution is -0.148. The van der Waals surface area contributed by atoms with E-state index in [0.717, 1.165) is 22.6 Å². The first-order chi connectivity index (χ1) is 16.8. The van der Waals surface area contributed by atoms with Crippen LogP contribution in [0, 0.1) is 6.92 Å². The highest BCUT2D eigenvalue weighted by Crippen LogP contribution is 2.16. The molecule has 1 aromatic heterocycles. The number of esters is 1. The van der Waals surface area contributed by atoms with E-state index in [1.807, 2.05) is 43.3 Å². The predicted octanol–water partition coefficient (Wildman–Crippen LogP) is 3.90. The molecule has 0 spiro atoms. The lowest BCUT2D eigenvalue weighted by atomic mass is 10.2. The van der Waals surface area contributed by atoms with E-state index in [4.69, 9.17) is 9.47 Å². The van der Waals surface area contributed by atoms with Crippen molar-refractivity contribution < 1.29 is 23.9 Å². The number of hydrogen-bond donors (Lipinski definition) is 2. The normalized spacial score (nSPS) is 11.6. The van der Waals surface area contributed by atoms with Crippen LogP contribution in [-0.4, -0.2) is 35.9 Å². The summed E-state index contributed by atoms with van der Waals surface area (Å²) >= 11 is 1.32. The fraction of sp³-hybridized carbons (Fsp3) is 0.231. The van der Waals surface area contributed by atoms with Crippen LogP contribution in [0.4, 0.5) is 5.69 Å². The van der Waals surface area contributed by atoms with Gasteiger partial charge in [-0.1, -0.05) is 30.3 Å². The molecule has 0 bridgehead atoms. The van der Waals surface area contributed by atoms with E-state index in [0.29, 0.717) is 10.7 Å². The van der Waals surface area contributed by atoms with Gasteiger partial charge in [0.1, 0.15) is 23.4 Å². The Kier molecular flexibility index (Phi) is 9.14. The zero-order valence-corrected chi connectivity index (χ0v) is 20.6. The molecule has 1 atom stereocenters. The lowest BCUT2D eigenvalue weighted by Gasteiger charge is -2.11. The van der Waals surface area contributed by atoms with Gasteiger partial charge < -0.3 is 20.1 Å². The van der Waals surface area contributed by atoms with Gasteiger partial charge in [0.25, 0.3) is 0 Å². The van der Waals surface area contributed by atoms with Gasteiger partial charge in [-0.2, -0.15) is 0 Å². The van der Waals surface area contributed by atoms with Crippen molar-refractivity contribution in [2.24, 2.45) is 0 Å². The van der Waals surface area contributed by atoms with Gasteiger partial charge in [0.05, 0.1) is 19.2 Å². The molecule has 9 heteroatoms. The molecule has 1 heterocycles. The van der Waals surface area contributed by atoms with Gasteiger partial charge in [-0.25, -0.2) is 9.78 Å². The quantitative estimate of drug-likeness (QED) is 0.328. The predicted molar refractivity (Wildman–Crippen MR) is 135 cm³/mol. The van der Waals surface area contributed by atoms with E-state index in [1.165, 1.54) is 17.4 Å². The molecule has 3 aromatic rings. The Hall–Kier alpha value is -3.98. The number of methoxy groups -OCH3 is 1. The van der Waals surface area contributed by atoms with Crippen molar-refractivity contribution in [3.63, 3.8) is 0 Å². The molecule has 2 aromatic carbocycles. The number of nitrogens with one attached hydrogen (secondary N) is 2. The van der Waals surface area contributed by atoms with Crippen molar-refractivity contribution in [3.05, 3.63) is 81.8 Å². The summed E-state index contributed by atoms with van der Waals surface area (Å²) in [6, 6.07) is 13.9. The molecule has 8 nitrogen and oxygen atoms in total. The van der Waals surface area contributed by atoms with Crippen molar-refractivity contribution in [3.8, 4) is 5.75 Å². The van der Waals surface area contributed by atoms with Crippen molar-refractivity contribution in [1.82, 2.24) is 10.3 Å². The molecule has 0 saturated heterocycles. The number of para-hydroxylation sites is 1. The molecule has 2 N–H and O–H groups in total. The number of anilines is 1. The number of ether oxygens (including phenoxy) is 2. The van der Waals surface area contributed by atoms with E-state index in [-0.39, 0.29) is 18.9 Å². The fourth-order valence-electron chi connectivity index (χ4n) is 3.02. The maximum atomic E-state index is 12.3. The summed E-state index contributed by atoms with van der Waals surface area (Å²) in [4.78, 5) is 41.0. The minimum Gasteiger partial charge on any atom is -0.497 e. The third-order valence-corrected chi connectivity index (χ3v) is 5.85. The van der Waals surface area contributed by atoms with Crippen LogP contribution in [0.3, 0.4) is 0 Å². The topological polar surface area (TPSA) is 107 Å². The second kappa shape index (κ2) is 12.5. The molecule has 3 rings (SSSR count). The van der Waals surface area contributed by atoms with Crippen LogP contribution in [0.15, 0.2) is 60.0 Å². The first kappa shape index (κ1) is 25.6. The fourth-order valence-corrected chi connectivity index (χ4v) is 3.80. The second-order valence-electron chi connectivity index (χ2n) is 7.72. The molecule has 0 aliphatic heterocycles. The maximum absolute atomic E-state index is 12.3. The Balaban J connectivity index is 1.42. The summed E-state index contributed by atoms with van der Waals surface area (Å²) in [5, 5.41) is 7.80. The van der Waals surface area contributed by atoms with Crippen LogP contribution in [0.1, 0.15) is 28.8 Å². The van der Waals surface area contributed by atoms with Crippen molar-refractivity contribution in [2.75, 3.05) is 12.4 Å². The van der Waals surface area contributed by atoms with Gasteiger partial charge in [-0.15, -0.1) is 11.3 Å². The number of nitrogens with zero attached hydrogens (tertiary/aromatic N) is 1.